The smallest absolute Gasteiger partial charge is 0.269 e. The fourth-order valence-electron chi connectivity index (χ4n) is 1.84. The van der Waals surface area contributed by atoms with E-state index >= 15 is 0 Å². The van der Waals surface area contributed by atoms with Crippen LogP contribution in [0, 0.1) is 11.6 Å². The lowest BCUT2D eigenvalue weighted by Crippen LogP contribution is -2.22. The molecule has 3 N–H and O–H groups in total. The maximum Gasteiger partial charge on any atom is 0.269 e. The van der Waals surface area contributed by atoms with E-state index in [-0.39, 0.29) is 17.4 Å². The van der Waals surface area contributed by atoms with Crippen LogP contribution < -0.4 is 11.1 Å². The van der Waals surface area contributed by atoms with E-state index in [1.165, 1.54) is 24.4 Å². The highest BCUT2D eigenvalue weighted by atomic mass is 19.1. The van der Waals surface area contributed by atoms with Gasteiger partial charge in [-0.3, -0.25) is 4.79 Å². The van der Waals surface area contributed by atoms with E-state index in [4.69, 9.17) is 5.73 Å². The zero-order valence-electron chi connectivity index (χ0n) is 11.7. The number of primary amides is 1. The molecule has 0 unspecified atom stereocenters. The summed E-state index contributed by atoms with van der Waals surface area (Å²) in [5.74, 6) is -2.27. The van der Waals surface area contributed by atoms with Gasteiger partial charge in [0.05, 0.1) is 0 Å². The third-order valence-corrected chi connectivity index (χ3v) is 2.86. The molecule has 0 spiro atoms. The van der Waals surface area contributed by atoms with Gasteiger partial charge in [0.25, 0.3) is 5.91 Å². The van der Waals surface area contributed by atoms with Crippen molar-refractivity contribution in [3.05, 3.63) is 47.3 Å². The van der Waals surface area contributed by atoms with E-state index < -0.39 is 17.5 Å². The first-order valence-electron chi connectivity index (χ1n) is 6.45. The molecule has 112 valence electrons. The molecule has 2 aromatic rings. The number of aromatic nitrogens is 2. The van der Waals surface area contributed by atoms with Crippen LogP contribution >= 0.6 is 0 Å². The summed E-state index contributed by atoms with van der Waals surface area (Å²) in [5, 5.41) is 6.83. The summed E-state index contributed by atoms with van der Waals surface area (Å²) in [6.07, 6.45) is 1.29. The van der Waals surface area contributed by atoms with E-state index in [0.717, 1.165) is 4.68 Å². The van der Waals surface area contributed by atoms with Gasteiger partial charge in [0.1, 0.15) is 11.4 Å². The maximum absolute atomic E-state index is 14.1. The number of carbonyl (C=O) groups excluding carboxylic acids is 1. The molecule has 21 heavy (non-hydrogen) atoms. The average Bonchev–Trinajstić information content (AvgIpc) is 2.85. The average molecular weight is 294 g/mol. The van der Waals surface area contributed by atoms with E-state index in [2.05, 4.69) is 10.4 Å². The zero-order chi connectivity index (χ0) is 15.6. The fraction of sp³-hybridized carbons (Fsp3) is 0.286. The molecule has 2 rings (SSSR count). The number of hydrogen-bond acceptors (Lipinski definition) is 3. The highest BCUT2D eigenvalue weighted by molar-refractivity contribution is 5.90. The summed E-state index contributed by atoms with van der Waals surface area (Å²) in [7, 11) is 0. The number of carbonyl (C=O) groups is 1. The number of rotatable bonds is 5. The molecule has 1 aromatic heterocycles. The molecule has 0 fully saturated rings. The van der Waals surface area contributed by atoms with Crippen molar-refractivity contribution in [2.75, 3.05) is 0 Å². The number of nitrogens with two attached hydrogens (primary N) is 1. The van der Waals surface area contributed by atoms with Crippen LogP contribution in [0.2, 0.25) is 0 Å². The molecule has 1 aromatic carbocycles. The Morgan fingerprint density at radius 1 is 1.38 bits per heavy atom. The van der Waals surface area contributed by atoms with Gasteiger partial charge >= 0.3 is 0 Å². The minimum atomic E-state index is -0.757. The first-order valence-corrected chi connectivity index (χ1v) is 6.45. The standard InChI is InChI=1S/C14H16F2N4O/c1-8(2)18-7-9-5-10(15)13(11(16)6-9)20-4-3-12(19-20)14(17)21/h3-6,8,18H,7H2,1-2H3,(H2,17,21). The Balaban J connectivity index is 2.33. The van der Waals surface area contributed by atoms with Crippen molar-refractivity contribution in [1.29, 1.82) is 0 Å². The number of benzene rings is 1. The molecule has 0 atom stereocenters. The monoisotopic (exact) mass is 294 g/mol. The summed E-state index contributed by atoms with van der Waals surface area (Å²) in [6, 6.07) is 3.98. The van der Waals surface area contributed by atoms with Gasteiger partial charge in [-0.15, -0.1) is 0 Å². The van der Waals surface area contributed by atoms with Crippen LogP contribution in [0.5, 0.6) is 0 Å². The second-order valence-electron chi connectivity index (χ2n) is 4.95. The molecule has 1 amide bonds. The van der Waals surface area contributed by atoms with Crippen molar-refractivity contribution in [2.45, 2.75) is 26.4 Å². The van der Waals surface area contributed by atoms with Crippen LogP contribution in [-0.4, -0.2) is 21.7 Å². The molecule has 0 saturated carbocycles. The molecular weight excluding hydrogens is 278 g/mol. The Labute approximate surface area is 120 Å². The molecule has 5 nitrogen and oxygen atoms in total. The van der Waals surface area contributed by atoms with Gasteiger partial charge in [0.15, 0.2) is 11.6 Å². The van der Waals surface area contributed by atoms with Gasteiger partial charge in [-0.05, 0) is 23.8 Å². The van der Waals surface area contributed by atoms with Gasteiger partial charge in [-0.25, -0.2) is 13.5 Å². The topological polar surface area (TPSA) is 72.9 Å². The van der Waals surface area contributed by atoms with Crippen molar-refractivity contribution in [2.24, 2.45) is 5.73 Å². The molecule has 0 aliphatic rings. The first kappa shape index (κ1) is 15.1. The van der Waals surface area contributed by atoms with E-state index in [1.54, 1.807) is 0 Å². The Kier molecular flexibility index (Phi) is 4.32. The largest absolute Gasteiger partial charge is 0.364 e. The molecular formula is C14H16F2N4O. The highest BCUT2D eigenvalue weighted by Gasteiger charge is 2.15. The van der Waals surface area contributed by atoms with E-state index in [9.17, 15) is 13.6 Å². The predicted molar refractivity (Wildman–Crippen MR) is 74.0 cm³/mol. The second-order valence-corrected chi connectivity index (χ2v) is 4.95. The number of amides is 1. The molecule has 1 heterocycles. The van der Waals surface area contributed by atoms with E-state index in [1.807, 2.05) is 13.8 Å². The second kappa shape index (κ2) is 6.01. The van der Waals surface area contributed by atoms with Gasteiger partial charge in [0, 0.05) is 18.8 Å². The van der Waals surface area contributed by atoms with Crippen LogP contribution in [0.1, 0.15) is 29.9 Å². The lowest BCUT2D eigenvalue weighted by atomic mass is 10.1. The predicted octanol–water partition coefficient (Wildman–Crippen LogP) is 1.75. The number of nitrogens with one attached hydrogen (secondary N) is 1. The molecule has 0 bridgehead atoms. The van der Waals surface area contributed by atoms with Crippen LogP contribution in [-0.2, 0) is 6.54 Å². The van der Waals surface area contributed by atoms with Crippen LogP contribution in [0.15, 0.2) is 24.4 Å². The third-order valence-electron chi connectivity index (χ3n) is 2.86. The lowest BCUT2D eigenvalue weighted by Gasteiger charge is -2.11. The van der Waals surface area contributed by atoms with Crippen LogP contribution in [0.25, 0.3) is 5.69 Å². The quantitative estimate of drug-likeness (QED) is 0.882. The zero-order valence-corrected chi connectivity index (χ0v) is 11.7. The molecule has 0 radical (unpaired) electrons. The van der Waals surface area contributed by atoms with Gasteiger partial charge < -0.3 is 11.1 Å². The Morgan fingerprint density at radius 3 is 2.48 bits per heavy atom. The van der Waals surface area contributed by atoms with Crippen molar-refractivity contribution < 1.29 is 13.6 Å². The first-order chi connectivity index (χ1) is 9.88. The normalized spacial score (nSPS) is 11.1. The summed E-state index contributed by atoms with van der Waals surface area (Å²) in [6.45, 7) is 4.24. The Bertz CT molecular complexity index is 644. The van der Waals surface area contributed by atoms with Crippen molar-refractivity contribution in [3.63, 3.8) is 0 Å². The van der Waals surface area contributed by atoms with Crippen LogP contribution in [0.3, 0.4) is 0 Å². The van der Waals surface area contributed by atoms with Crippen molar-refractivity contribution in [3.8, 4) is 5.69 Å². The Morgan fingerprint density at radius 2 is 2.00 bits per heavy atom. The number of halogens is 2. The van der Waals surface area contributed by atoms with Crippen molar-refractivity contribution >= 4 is 5.91 Å². The third kappa shape index (κ3) is 3.43. The SMILES string of the molecule is CC(C)NCc1cc(F)c(-n2ccc(C(N)=O)n2)c(F)c1. The summed E-state index contributed by atoms with van der Waals surface area (Å²) in [5.41, 5.74) is 5.16. The minimum absolute atomic E-state index is 0.0562. The molecule has 7 heteroatoms. The summed E-state index contributed by atoms with van der Waals surface area (Å²) >= 11 is 0. The van der Waals surface area contributed by atoms with Gasteiger partial charge in [-0.2, -0.15) is 5.10 Å². The fourth-order valence-corrected chi connectivity index (χ4v) is 1.84. The molecule has 0 aliphatic heterocycles. The molecule has 0 saturated heterocycles. The highest BCUT2D eigenvalue weighted by Crippen LogP contribution is 2.19. The minimum Gasteiger partial charge on any atom is -0.364 e. The summed E-state index contributed by atoms with van der Waals surface area (Å²) in [4.78, 5) is 11.0. The lowest BCUT2D eigenvalue weighted by molar-refractivity contribution is 0.0995. The molecule has 0 aliphatic carbocycles. The van der Waals surface area contributed by atoms with Crippen molar-refractivity contribution in [1.82, 2.24) is 15.1 Å². The van der Waals surface area contributed by atoms with Gasteiger partial charge in [-0.1, -0.05) is 13.8 Å². The van der Waals surface area contributed by atoms with Gasteiger partial charge in [0.2, 0.25) is 0 Å². The number of hydrogen-bond donors (Lipinski definition) is 2. The Hall–Kier alpha value is -2.28. The van der Waals surface area contributed by atoms with Crippen LogP contribution in [0.4, 0.5) is 8.78 Å². The van der Waals surface area contributed by atoms with E-state index in [0.29, 0.717) is 12.1 Å². The summed E-state index contributed by atoms with van der Waals surface area (Å²) < 4.78 is 29.1. The maximum atomic E-state index is 14.1. The number of nitrogens with zero attached hydrogens (tertiary/aromatic N) is 2.